The van der Waals surface area contributed by atoms with Crippen LogP contribution in [-0.2, 0) is 11.2 Å². The van der Waals surface area contributed by atoms with E-state index in [0.29, 0.717) is 18.5 Å². The molecule has 1 aromatic carbocycles. The van der Waals surface area contributed by atoms with Crippen LogP contribution in [0.3, 0.4) is 0 Å². The number of aliphatic carboxylic acids is 1. The Labute approximate surface area is 108 Å². The van der Waals surface area contributed by atoms with Crippen LogP contribution in [0.25, 0.3) is 0 Å². The number of aryl methyl sites for hydroxylation is 1. The fourth-order valence-corrected chi connectivity index (χ4v) is 3.02. The number of fused-ring (bicyclic) bond motifs is 1. The van der Waals surface area contributed by atoms with Crippen LogP contribution >= 0.6 is 0 Å². The van der Waals surface area contributed by atoms with E-state index in [1.165, 1.54) is 16.7 Å². The van der Waals surface area contributed by atoms with Gasteiger partial charge in [0, 0.05) is 12.6 Å². The molecule has 0 aromatic heterocycles. The van der Waals surface area contributed by atoms with Crippen LogP contribution in [0.2, 0.25) is 0 Å². The first-order valence-electron chi connectivity index (χ1n) is 6.50. The van der Waals surface area contributed by atoms with Crippen LogP contribution in [0, 0.1) is 12.8 Å². The Morgan fingerprint density at radius 2 is 2.22 bits per heavy atom. The Morgan fingerprint density at radius 1 is 1.50 bits per heavy atom. The molecular formula is C15H21NO2. The van der Waals surface area contributed by atoms with Gasteiger partial charge in [-0.3, -0.25) is 9.69 Å². The lowest BCUT2D eigenvalue weighted by atomic mass is 10.00. The Hall–Kier alpha value is -1.35. The van der Waals surface area contributed by atoms with Crippen LogP contribution in [0.15, 0.2) is 18.2 Å². The van der Waals surface area contributed by atoms with Gasteiger partial charge in [0.2, 0.25) is 0 Å². The number of carboxylic acids is 1. The van der Waals surface area contributed by atoms with Crippen molar-refractivity contribution in [3.63, 3.8) is 0 Å². The van der Waals surface area contributed by atoms with E-state index in [1.54, 1.807) is 0 Å². The molecule has 0 bridgehead atoms. The number of rotatable bonds is 4. The molecule has 18 heavy (non-hydrogen) atoms. The van der Waals surface area contributed by atoms with Crippen LogP contribution in [0.5, 0.6) is 0 Å². The highest BCUT2D eigenvalue weighted by Gasteiger charge is 2.32. The highest BCUT2D eigenvalue weighted by Crippen LogP contribution is 2.39. The first-order chi connectivity index (χ1) is 8.49. The van der Waals surface area contributed by atoms with E-state index in [4.69, 9.17) is 5.11 Å². The van der Waals surface area contributed by atoms with E-state index >= 15 is 0 Å². The van der Waals surface area contributed by atoms with Gasteiger partial charge in [-0.25, -0.2) is 0 Å². The molecule has 2 rings (SSSR count). The van der Waals surface area contributed by atoms with Gasteiger partial charge in [-0.1, -0.05) is 30.7 Å². The van der Waals surface area contributed by atoms with Crippen molar-refractivity contribution in [2.75, 3.05) is 13.6 Å². The van der Waals surface area contributed by atoms with Crippen LogP contribution in [0.1, 0.15) is 36.1 Å². The van der Waals surface area contributed by atoms with Crippen molar-refractivity contribution in [1.82, 2.24) is 4.90 Å². The van der Waals surface area contributed by atoms with Crippen LogP contribution < -0.4 is 0 Å². The Kier molecular flexibility index (Phi) is 3.71. The van der Waals surface area contributed by atoms with E-state index in [2.05, 4.69) is 36.9 Å². The fraction of sp³-hybridized carbons (Fsp3) is 0.533. The molecule has 0 radical (unpaired) electrons. The number of carbonyl (C=O) groups is 1. The maximum atomic E-state index is 10.7. The second-order valence-corrected chi connectivity index (χ2v) is 5.45. The first kappa shape index (κ1) is 13.1. The number of nitrogens with zero attached hydrogens (tertiary/aromatic N) is 1. The second kappa shape index (κ2) is 5.11. The largest absolute Gasteiger partial charge is 0.481 e. The molecule has 3 nitrogen and oxygen atoms in total. The standard InChI is InChI=1S/C15H21NO2/c1-10-4-5-12-9-11(2)15(13(12)8-10)16(3)7-6-14(17)18/h4-5,8,11,15H,6-7,9H2,1-3H3,(H,17,18). The highest BCUT2D eigenvalue weighted by molar-refractivity contribution is 5.66. The van der Waals surface area contributed by atoms with Gasteiger partial charge in [-0.05, 0) is 37.4 Å². The second-order valence-electron chi connectivity index (χ2n) is 5.45. The summed E-state index contributed by atoms with van der Waals surface area (Å²) < 4.78 is 0. The summed E-state index contributed by atoms with van der Waals surface area (Å²) in [6, 6.07) is 6.98. The summed E-state index contributed by atoms with van der Waals surface area (Å²) in [6.45, 7) is 4.96. The smallest absolute Gasteiger partial charge is 0.304 e. The normalized spacial score (nSPS) is 22.2. The van der Waals surface area contributed by atoms with E-state index in [-0.39, 0.29) is 6.42 Å². The van der Waals surface area contributed by atoms with Gasteiger partial charge in [0.1, 0.15) is 0 Å². The van der Waals surface area contributed by atoms with Crippen molar-refractivity contribution in [2.24, 2.45) is 5.92 Å². The van der Waals surface area contributed by atoms with Gasteiger partial charge in [-0.2, -0.15) is 0 Å². The highest BCUT2D eigenvalue weighted by atomic mass is 16.4. The van der Waals surface area contributed by atoms with E-state index < -0.39 is 5.97 Å². The molecule has 98 valence electrons. The molecule has 0 heterocycles. The van der Waals surface area contributed by atoms with Gasteiger partial charge >= 0.3 is 5.97 Å². The summed E-state index contributed by atoms with van der Waals surface area (Å²) in [7, 11) is 2.03. The van der Waals surface area contributed by atoms with Gasteiger partial charge in [-0.15, -0.1) is 0 Å². The SMILES string of the molecule is Cc1ccc2c(c1)C(N(C)CCC(=O)O)C(C)C2. The third-order valence-corrected chi connectivity index (χ3v) is 3.85. The number of carboxylic acid groups (broad SMARTS) is 1. The van der Waals surface area contributed by atoms with Gasteiger partial charge in [0.25, 0.3) is 0 Å². The molecule has 3 heteroatoms. The summed E-state index contributed by atoms with van der Waals surface area (Å²) >= 11 is 0. The molecule has 1 aliphatic rings. The predicted octanol–water partition coefficient (Wildman–Crippen LogP) is 2.63. The molecule has 2 atom stereocenters. The Morgan fingerprint density at radius 3 is 2.89 bits per heavy atom. The molecule has 1 N–H and O–H groups in total. The maximum Gasteiger partial charge on any atom is 0.304 e. The average Bonchev–Trinajstić information content (AvgIpc) is 2.61. The van der Waals surface area contributed by atoms with Crippen molar-refractivity contribution < 1.29 is 9.90 Å². The number of hydrogen-bond acceptors (Lipinski definition) is 2. The van der Waals surface area contributed by atoms with E-state index in [1.807, 2.05) is 7.05 Å². The molecule has 0 fully saturated rings. The molecule has 0 aliphatic heterocycles. The lowest BCUT2D eigenvalue weighted by Crippen LogP contribution is -2.29. The lowest BCUT2D eigenvalue weighted by Gasteiger charge is -2.28. The molecule has 1 aliphatic carbocycles. The molecule has 2 unspecified atom stereocenters. The third kappa shape index (κ3) is 2.56. The Balaban J connectivity index is 2.18. The molecular weight excluding hydrogens is 226 g/mol. The maximum absolute atomic E-state index is 10.7. The topological polar surface area (TPSA) is 40.5 Å². The lowest BCUT2D eigenvalue weighted by molar-refractivity contribution is -0.137. The van der Waals surface area contributed by atoms with Gasteiger partial charge in [0.15, 0.2) is 0 Å². The quantitative estimate of drug-likeness (QED) is 0.889. The molecule has 0 amide bonds. The van der Waals surface area contributed by atoms with Crippen molar-refractivity contribution >= 4 is 5.97 Å². The van der Waals surface area contributed by atoms with Crippen LogP contribution in [0.4, 0.5) is 0 Å². The summed E-state index contributed by atoms with van der Waals surface area (Å²) in [5.41, 5.74) is 4.08. The predicted molar refractivity (Wildman–Crippen MR) is 71.7 cm³/mol. The average molecular weight is 247 g/mol. The van der Waals surface area contributed by atoms with Crippen molar-refractivity contribution in [3.8, 4) is 0 Å². The van der Waals surface area contributed by atoms with Gasteiger partial charge < -0.3 is 5.11 Å². The van der Waals surface area contributed by atoms with Crippen molar-refractivity contribution in [1.29, 1.82) is 0 Å². The summed E-state index contributed by atoms with van der Waals surface area (Å²) in [5, 5.41) is 8.78. The minimum absolute atomic E-state index is 0.209. The summed E-state index contributed by atoms with van der Waals surface area (Å²) in [4.78, 5) is 12.9. The van der Waals surface area contributed by atoms with Crippen LogP contribution in [-0.4, -0.2) is 29.6 Å². The third-order valence-electron chi connectivity index (χ3n) is 3.85. The fourth-order valence-electron chi connectivity index (χ4n) is 3.02. The summed E-state index contributed by atoms with van der Waals surface area (Å²) in [5.74, 6) is -0.169. The zero-order valence-corrected chi connectivity index (χ0v) is 11.3. The van der Waals surface area contributed by atoms with Gasteiger partial charge in [0.05, 0.1) is 6.42 Å². The first-order valence-corrected chi connectivity index (χ1v) is 6.50. The monoisotopic (exact) mass is 247 g/mol. The number of benzene rings is 1. The zero-order chi connectivity index (χ0) is 13.3. The van der Waals surface area contributed by atoms with Crippen molar-refractivity contribution in [2.45, 2.75) is 32.7 Å². The van der Waals surface area contributed by atoms with E-state index in [0.717, 1.165) is 6.42 Å². The van der Waals surface area contributed by atoms with Crippen molar-refractivity contribution in [3.05, 3.63) is 34.9 Å². The molecule has 1 aromatic rings. The molecule has 0 spiro atoms. The minimum atomic E-state index is -0.725. The Bertz CT molecular complexity index is 456. The molecule has 0 saturated carbocycles. The zero-order valence-electron chi connectivity index (χ0n) is 11.3. The number of hydrogen-bond donors (Lipinski definition) is 1. The summed E-state index contributed by atoms with van der Waals surface area (Å²) in [6.07, 6.45) is 1.30. The van der Waals surface area contributed by atoms with E-state index in [9.17, 15) is 4.79 Å². The molecule has 0 saturated heterocycles. The minimum Gasteiger partial charge on any atom is -0.481 e.